The highest BCUT2D eigenvalue weighted by Gasteiger charge is 1.96. The Morgan fingerprint density at radius 1 is 1.36 bits per heavy atom. The maximum absolute atomic E-state index is 4.91. The molecule has 0 aromatic heterocycles. The standard InChI is InChI=1S/C12H13OSi/c1-2-3-4-7-11-8-5-6-9-12(11)10-13-14/h5-6,8-9H,2-3,10H2,1H3. The van der Waals surface area contributed by atoms with E-state index in [0.29, 0.717) is 6.61 Å². The van der Waals surface area contributed by atoms with Gasteiger partial charge in [-0.3, -0.25) is 0 Å². The minimum absolute atomic E-state index is 0.549. The van der Waals surface area contributed by atoms with E-state index in [4.69, 9.17) is 4.43 Å². The summed E-state index contributed by atoms with van der Waals surface area (Å²) in [4.78, 5) is 0. The van der Waals surface area contributed by atoms with Gasteiger partial charge in [-0.1, -0.05) is 37.0 Å². The van der Waals surface area contributed by atoms with Crippen LogP contribution in [0, 0.1) is 11.8 Å². The van der Waals surface area contributed by atoms with Crippen molar-refractivity contribution in [1.82, 2.24) is 0 Å². The predicted octanol–water partition coefficient (Wildman–Crippen LogP) is 2.44. The monoisotopic (exact) mass is 201 g/mol. The van der Waals surface area contributed by atoms with Gasteiger partial charge in [-0.15, -0.1) is 0 Å². The van der Waals surface area contributed by atoms with Gasteiger partial charge in [0.1, 0.15) is 0 Å². The minimum atomic E-state index is 0.549. The summed E-state index contributed by atoms with van der Waals surface area (Å²) in [6.07, 6.45) is 2.05. The predicted molar refractivity (Wildman–Crippen MR) is 58.8 cm³/mol. The summed E-state index contributed by atoms with van der Waals surface area (Å²) < 4.78 is 4.91. The lowest BCUT2D eigenvalue weighted by atomic mass is 10.1. The molecule has 0 aliphatic carbocycles. The van der Waals surface area contributed by atoms with E-state index in [1.807, 2.05) is 24.3 Å². The van der Waals surface area contributed by atoms with Crippen molar-refractivity contribution in [1.29, 1.82) is 0 Å². The van der Waals surface area contributed by atoms with E-state index in [2.05, 4.69) is 29.3 Å². The summed E-state index contributed by atoms with van der Waals surface area (Å²) in [5, 5.41) is 0. The average molecular weight is 201 g/mol. The van der Waals surface area contributed by atoms with Crippen LogP contribution in [-0.2, 0) is 11.0 Å². The zero-order valence-corrected chi connectivity index (χ0v) is 9.34. The molecule has 1 aromatic rings. The van der Waals surface area contributed by atoms with Crippen LogP contribution in [-0.4, -0.2) is 10.5 Å². The molecule has 0 aliphatic heterocycles. The van der Waals surface area contributed by atoms with Crippen molar-refractivity contribution in [3.05, 3.63) is 35.4 Å². The van der Waals surface area contributed by atoms with Crippen LogP contribution in [0.2, 0.25) is 0 Å². The van der Waals surface area contributed by atoms with E-state index in [0.717, 1.165) is 24.0 Å². The molecular formula is C12H13OSi. The maximum Gasteiger partial charge on any atom is 0.246 e. The van der Waals surface area contributed by atoms with Crippen LogP contribution in [0.1, 0.15) is 30.9 Å². The fraction of sp³-hybridized carbons (Fsp3) is 0.333. The first-order valence-electron chi connectivity index (χ1n) is 4.73. The van der Waals surface area contributed by atoms with E-state index in [1.54, 1.807) is 0 Å². The smallest absolute Gasteiger partial charge is 0.246 e. The Balaban J connectivity index is 2.80. The van der Waals surface area contributed by atoms with Gasteiger partial charge in [0.15, 0.2) is 0 Å². The Hall–Kier alpha value is -1.04. The van der Waals surface area contributed by atoms with Crippen molar-refractivity contribution in [2.75, 3.05) is 0 Å². The molecular weight excluding hydrogens is 188 g/mol. The molecule has 0 spiro atoms. The molecule has 0 unspecified atom stereocenters. The first kappa shape index (κ1) is 11.0. The summed E-state index contributed by atoms with van der Waals surface area (Å²) >= 11 is 0. The van der Waals surface area contributed by atoms with Gasteiger partial charge in [0.25, 0.3) is 0 Å². The Kier molecular flexibility index (Phi) is 5.06. The van der Waals surface area contributed by atoms with Crippen molar-refractivity contribution < 1.29 is 4.43 Å². The summed E-state index contributed by atoms with van der Waals surface area (Å²) in [6.45, 7) is 2.68. The molecule has 0 amide bonds. The second kappa shape index (κ2) is 6.42. The molecule has 14 heavy (non-hydrogen) atoms. The lowest BCUT2D eigenvalue weighted by Gasteiger charge is -2.01. The van der Waals surface area contributed by atoms with Gasteiger partial charge in [0.2, 0.25) is 10.5 Å². The fourth-order valence-corrected chi connectivity index (χ4v) is 1.28. The van der Waals surface area contributed by atoms with Crippen LogP contribution < -0.4 is 0 Å². The molecule has 0 aliphatic rings. The summed E-state index contributed by atoms with van der Waals surface area (Å²) in [5.74, 6) is 6.28. The topological polar surface area (TPSA) is 9.23 Å². The molecule has 0 heterocycles. The number of benzene rings is 1. The number of hydrogen-bond acceptors (Lipinski definition) is 1. The number of hydrogen-bond donors (Lipinski definition) is 0. The van der Waals surface area contributed by atoms with Crippen molar-refractivity contribution in [3.63, 3.8) is 0 Å². The van der Waals surface area contributed by atoms with Gasteiger partial charge in [0.05, 0.1) is 6.61 Å². The molecule has 0 atom stereocenters. The maximum atomic E-state index is 4.91. The van der Waals surface area contributed by atoms with Crippen LogP contribution in [0.15, 0.2) is 24.3 Å². The Bertz CT molecular complexity index is 336. The normalized spacial score (nSPS) is 9.29. The van der Waals surface area contributed by atoms with E-state index in [1.165, 1.54) is 0 Å². The summed E-state index contributed by atoms with van der Waals surface area (Å²) in [7, 11) is 3.00. The molecule has 0 saturated heterocycles. The van der Waals surface area contributed by atoms with Crippen LogP contribution in [0.25, 0.3) is 0 Å². The highest BCUT2D eigenvalue weighted by Crippen LogP contribution is 2.08. The van der Waals surface area contributed by atoms with Crippen molar-refractivity contribution in [2.24, 2.45) is 0 Å². The van der Waals surface area contributed by atoms with Crippen LogP contribution in [0.5, 0.6) is 0 Å². The lowest BCUT2D eigenvalue weighted by molar-refractivity contribution is 0.338. The van der Waals surface area contributed by atoms with Gasteiger partial charge >= 0.3 is 0 Å². The van der Waals surface area contributed by atoms with Gasteiger partial charge in [-0.2, -0.15) is 0 Å². The molecule has 3 radical (unpaired) electrons. The number of unbranched alkanes of at least 4 members (excludes halogenated alkanes) is 1. The van der Waals surface area contributed by atoms with Crippen LogP contribution in [0.3, 0.4) is 0 Å². The third kappa shape index (κ3) is 3.37. The van der Waals surface area contributed by atoms with E-state index in [9.17, 15) is 0 Å². The first-order valence-corrected chi connectivity index (χ1v) is 5.14. The van der Waals surface area contributed by atoms with Crippen molar-refractivity contribution in [2.45, 2.75) is 26.4 Å². The second-order valence-corrected chi connectivity index (χ2v) is 3.29. The molecule has 0 saturated carbocycles. The third-order valence-corrected chi connectivity index (χ3v) is 1.99. The second-order valence-electron chi connectivity index (χ2n) is 3.00. The molecule has 0 N–H and O–H groups in total. The molecule has 1 nitrogen and oxygen atoms in total. The minimum Gasteiger partial charge on any atom is -0.414 e. The Morgan fingerprint density at radius 3 is 2.86 bits per heavy atom. The van der Waals surface area contributed by atoms with Gasteiger partial charge < -0.3 is 4.43 Å². The molecule has 0 bridgehead atoms. The SMILES string of the molecule is CCCC#Cc1ccccc1CO[Si]. The summed E-state index contributed by atoms with van der Waals surface area (Å²) in [6, 6.07) is 8.03. The fourth-order valence-electron chi connectivity index (χ4n) is 1.13. The van der Waals surface area contributed by atoms with Crippen molar-refractivity contribution >= 4 is 10.5 Å². The van der Waals surface area contributed by atoms with Gasteiger partial charge in [0, 0.05) is 12.0 Å². The zero-order chi connectivity index (χ0) is 10.2. The Morgan fingerprint density at radius 2 is 2.14 bits per heavy atom. The van der Waals surface area contributed by atoms with E-state index in [-0.39, 0.29) is 0 Å². The molecule has 1 rings (SSSR count). The van der Waals surface area contributed by atoms with Crippen LogP contribution >= 0.6 is 0 Å². The summed E-state index contributed by atoms with van der Waals surface area (Å²) in [5.41, 5.74) is 2.17. The van der Waals surface area contributed by atoms with Crippen molar-refractivity contribution in [3.8, 4) is 11.8 Å². The van der Waals surface area contributed by atoms with Crippen LogP contribution in [0.4, 0.5) is 0 Å². The van der Waals surface area contributed by atoms with E-state index < -0.39 is 0 Å². The van der Waals surface area contributed by atoms with Gasteiger partial charge in [-0.25, -0.2) is 0 Å². The average Bonchev–Trinajstić information content (AvgIpc) is 2.21. The Labute approximate surface area is 89.0 Å². The third-order valence-electron chi connectivity index (χ3n) is 1.84. The molecule has 0 fully saturated rings. The highest BCUT2D eigenvalue weighted by atomic mass is 28.2. The largest absolute Gasteiger partial charge is 0.414 e. The quantitative estimate of drug-likeness (QED) is 0.539. The molecule has 1 aromatic carbocycles. The van der Waals surface area contributed by atoms with Gasteiger partial charge in [-0.05, 0) is 18.1 Å². The highest BCUT2D eigenvalue weighted by molar-refractivity contribution is 5.97. The zero-order valence-electron chi connectivity index (χ0n) is 8.34. The first-order chi connectivity index (χ1) is 6.88. The lowest BCUT2D eigenvalue weighted by Crippen LogP contribution is -1.92. The molecule has 2 heteroatoms. The molecule has 71 valence electrons. The van der Waals surface area contributed by atoms with E-state index >= 15 is 0 Å². The number of rotatable bonds is 3.